The van der Waals surface area contributed by atoms with Gasteiger partial charge in [0.05, 0.1) is 12.1 Å². The minimum Gasteiger partial charge on any atom is -0.447 e. The summed E-state index contributed by atoms with van der Waals surface area (Å²) in [5.41, 5.74) is -1.29. The number of ketones is 1. The van der Waals surface area contributed by atoms with Gasteiger partial charge in [0.2, 0.25) is 17.6 Å². The highest BCUT2D eigenvalue weighted by molar-refractivity contribution is 6.38. The summed E-state index contributed by atoms with van der Waals surface area (Å²) < 4.78 is 5.46. The van der Waals surface area contributed by atoms with Crippen molar-refractivity contribution in [3.8, 4) is 12.3 Å². The topological polar surface area (TPSA) is 175 Å². The van der Waals surface area contributed by atoms with E-state index < -0.39 is 64.7 Å². The van der Waals surface area contributed by atoms with Crippen LogP contribution in [-0.2, 0) is 23.9 Å². The second kappa shape index (κ2) is 17.8. The molecule has 1 unspecified atom stereocenters. The van der Waals surface area contributed by atoms with Crippen LogP contribution in [0.1, 0.15) is 114 Å². The molecule has 0 aromatic heterocycles. The van der Waals surface area contributed by atoms with Gasteiger partial charge in [0.1, 0.15) is 18.7 Å². The van der Waals surface area contributed by atoms with Gasteiger partial charge in [-0.3, -0.25) is 19.2 Å². The van der Waals surface area contributed by atoms with Crippen LogP contribution in [0, 0.1) is 46.3 Å². The summed E-state index contributed by atoms with van der Waals surface area (Å²) in [5, 5.41) is 14.1. The number of nitrogens with zero attached hydrogens (tertiary/aromatic N) is 1. The molecule has 0 bridgehead atoms. The van der Waals surface area contributed by atoms with Crippen LogP contribution < -0.4 is 26.6 Å². The molecule has 5 N–H and O–H groups in total. The van der Waals surface area contributed by atoms with Crippen molar-refractivity contribution < 1.29 is 33.5 Å². The molecule has 1 aliphatic heterocycles. The number of nitrogens with one attached hydrogen (secondary N) is 5. The molecule has 13 heteroatoms. The Morgan fingerprint density at radius 1 is 0.962 bits per heavy atom. The molecular formula is C39H64N6O7. The van der Waals surface area contributed by atoms with Crippen LogP contribution in [0.25, 0.3) is 0 Å². The Morgan fingerprint density at radius 3 is 2.19 bits per heavy atom. The van der Waals surface area contributed by atoms with E-state index in [4.69, 9.17) is 11.2 Å². The molecule has 0 radical (unpaired) electrons. The number of rotatable bonds is 16. The van der Waals surface area contributed by atoms with Gasteiger partial charge in [0, 0.05) is 26.1 Å². The molecule has 1 heterocycles. The maximum atomic E-state index is 14.8. The lowest BCUT2D eigenvalue weighted by molar-refractivity contribution is -0.146. The Hall–Kier alpha value is -3.82. The first kappa shape index (κ1) is 42.6. The number of amides is 6. The summed E-state index contributed by atoms with van der Waals surface area (Å²) in [4.78, 5) is 82.5. The predicted octanol–water partition coefficient (Wildman–Crippen LogP) is 3.90. The van der Waals surface area contributed by atoms with E-state index in [1.807, 2.05) is 48.5 Å². The molecule has 3 rings (SSSR count). The first-order valence-electron chi connectivity index (χ1n) is 19.1. The number of alkyl carbamates (subject to hydrolysis) is 1. The molecular weight excluding hydrogens is 664 g/mol. The largest absolute Gasteiger partial charge is 0.447 e. The fraction of sp³-hybridized carbons (Fsp3) is 0.795. The van der Waals surface area contributed by atoms with Crippen LogP contribution in [0.5, 0.6) is 0 Å². The third kappa shape index (κ3) is 10.6. The number of piperidine rings is 1. The van der Waals surface area contributed by atoms with Gasteiger partial charge in [-0.05, 0) is 59.7 Å². The second-order valence-electron chi connectivity index (χ2n) is 17.4. The number of carbonyl (C=O) groups excluding carboxylic acids is 6. The molecule has 0 aromatic carbocycles. The molecule has 6 atom stereocenters. The van der Waals surface area contributed by atoms with Crippen molar-refractivity contribution in [1.29, 1.82) is 0 Å². The molecule has 2 aliphatic carbocycles. The average Bonchev–Trinajstić information content (AvgIpc) is 3.38. The Kier molecular flexibility index (Phi) is 14.6. The van der Waals surface area contributed by atoms with Gasteiger partial charge in [-0.25, -0.2) is 9.59 Å². The number of carbonyl (C=O) groups is 6. The van der Waals surface area contributed by atoms with E-state index in [0.717, 1.165) is 19.3 Å². The minimum absolute atomic E-state index is 0.0535. The Labute approximate surface area is 310 Å². The maximum Gasteiger partial charge on any atom is 0.407 e. The number of Topliss-reactive ketones (excluding diaryl/α,β-unsaturated/α-hetero) is 1. The minimum atomic E-state index is -1.14. The number of urea groups is 1. The monoisotopic (exact) mass is 728 g/mol. The molecule has 2 saturated carbocycles. The highest BCUT2D eigenvalue weighted by Gasteiger charge is 2.70. The lowest BCUT2D eigenvalue weighted by atomic mass is 9.70. The predicted molar refractivity (Wildman–Crippen MR) is 199 cm³/mol. The lowest BCUT2D eigenvalue weighted by Crippen LogP contribution is -2.63. The smallest absolute Gasteiger partial charge is 0.407 e. The highest BCUT2D eigenvalue weighted by Crippen LogP contribution is 2.65. The molecule has 0 spiro atoms. The van der Waals surface area contributed by atoms with Crippen molar-refractivity contribution in [2.45, 2.75) is 138 Å². The standard InChI is InChI=1S/C39H64N6O7/c1-11-13-17-26(30(46)33(48)40-20-12-2)42-32(47)29-28-25(38(28,8)9)22-45(29)34(49)31(39(10)18-15-14-16-19-39)44-35(50)43-27(37(5,6)7)23-52-36(51)41-21-24(3)4/h1,24-29,31H,12-23H2,2-10H3,(H,40,48)(H,41,51)(H,42,47)(H2,43,44,50)/t25-,26?,27+,28-,29-,31+/m0/s1. The Balaban J connectivity index is 1.86. The summed E-state index contributed by atoms with van der Waals surface area (Å²) in [7, 11) is 0. The quantitative estimate of drug-likeness (QED) is 0.118. The van der Waals surface area contributed by atoms with Crippen LogP contribution >= 0.6 is 0 Å². The number of fused-ring (bicyclic) bond motifs is 1. The summed E-state index contributed by atoms with van der Waals surface area (Å²) in [5.74, 6) is 0.190. The van der Waals surface area contributed by atoms with Gasteiger partial charge >= 0.3 is 12.1 Å². The van der Waals surface area contributed by atoms with Crippen molar-refractivity contribution in [3.05, 3.63) is 0 Å². The van der Waals surface area contributed by atoms with E-state index >= 15 is 0 Å². The van der Waals surface area contributed by atoms with E-state index in [2.05, 4.69) is 46.4 Å². The van der Waals surface area contributed by atoms with Crippen LogP contribution in [-0.4, -0.2) is 90.9 Å². The fourth-order valence-electron chi connectivity index (χ4n) is 7.74. The first-order chi connectivity index (χ1) is 24.3. The molecule has 3 fully saturated rings. The fourth-order valence-corrected chi connectivity index (χ4v) is 7.74. The van der Waals surface area contributed by atoms with Crippen molar-refractivity contribution in [3.63, 3.8) is 0 Å². The zero-order valence-corrected chi connectivity index (χ0v) is 32.9. The highest BCUT2D eigenvalue weighted by atomic mass is 16.5. The van der Waals surface area contributed by atoms with Crippen molar-refractivity contribution in [1.82, 2.24) is 31.5 Å². The van der Waals surface area contributed by atoms with Gasteiger partial charge in [-0.2, -0.15) is 0 Å². The molecule has 3 aliphatic rings. The third-order valence-electron chi connectivity index (χ3n) is 11.3. The summed E-state index contributed by atoms with van der Waals surface area (Å²) in [6.45, 7) is 18.8. The SMILES string of the molecule is C#CCCC(NC(=O)[C@@H]1[C@@H]2[C@H](CN1C(=O)[C@@H](NC(=O)N[C@H](COC(=O)NCC(C)C)C(C)(C)C)C1(C)CCCCC1)C2(C)C)C(=O)C(=O)NCCC. The number of hydrogen-bond donors (Lipinski definition) is 5. The van der Waals surface area contributed by atoms with E-state index in [1.54, 1.807) is 4.90 Å². The zero-order valence-electron chi connectivity index (χ0n) is 32.9. The number of ether oxygens (including phenoxy) is 1. The third-order valence-corrected chi connectivity index (χ3v) is 11.3. The van der Waals surface area contributed by atoms with Crippen LogP contribution in [0.3, 0.4) is 0 Å². The van der Waals surface area contributed by atoms with E-state index in [1.165, 1.54) is 0 Å². The molecule has 6 amide bonds. The van der Waals surface area contributed by atoms with Gasteiger partial charge in [-0.1, -0.05) is 81.6 Å². The van der Waals surface area contributed by atoms with E-state index in [9.17, 15) is 28.8 Å². The van der Waals surface area contributed by atoms with Gasteiger partial charge in [0.15, 0.2) is 0 Å². The van der Waals surface area contributed by atoms with Crippen molar-refractivity contribution in [2.75, 3.05) is 26.2 Å². The average molecular weight is 729 g/mol. The number of hydrogen-bond acceptors (Lipinski definition) is 7. The summed E-state index contributed by atoms with van der Waals surface area (Å²) >= 11 is 0. The van der Waals surface area contributed by atoms with E-state index in [0.29, 0.717) is 38.9 Å². The van der Waals surface area contributed by atoms with E-state index in [-0.39, 0.29) is 48.5 Å². The number of terminal acetylenes is 1. The van der Waals surface area contributed by atoms with Gasteiger partial charge < -0.3 is 36.2 Å². The molecule has 0 aromatic rings. The van der Waals surface area contributed by atoms with Gasteiger partial charge in [0.25, 0.3) is 5.91 Å². The Morgan fingerprint density at radius 2 is 1.62 bits per heavy atom. The Bertz CT molecular complexity index is 1360. The zero-order chi connectivity index (χ0) is 39.0. The lowest BCUT2D eigenvalue weighted by Gasteiger charge is -2.43. The molecule has 13 nitrogen and oxygen atoms in total. The van der Waals surface area contributed by atoms with Crippen LogP contribution in [0.15, 0.2) is 0 Å². The van der Waals surface area contributed by atoms with Crippen LogP contribution in [0.4, 0.5) is 9.59 Å². The van der Waals surface area contributed by atoms with Crippen molar-refractivity contribution in [2.24, 2.45) is 34.0 Å². The number of likely N-dealkylation sites (tertiary alicyclic amines) is 1. The summed E-state index contributed by atoms with van der Waals surface area (Å²) in [6, 6.07) is -4.12. The molecule has 52 heavy (non-hydrogen) atoms. The van der Waals surface area contributed by atoms with Crippen LogP contribution in [0.2, 0.25) is 0 Å². The molecule has 1 saturated heterocycles. The first-order valence-corrected chi connectivity index (χ1v) is 19.1. The summed E-state index contributed by atoms with van der Waals surface area (Å²) in [6.07, 6.45) is 10.1. The van der Waals surface area contributed by atoms with Crippen molar-refractivity contribution >= 4 is 35.6 Å². The van der Waals surface area contributed by atoms with Gasteiger partial charge in [-0.15, -0.1) is 12.3 Å². The normalized spacial score (nSPS) is 23.2. The second-order valence-corrected chi connectivity index (χ2v) is 17.4. The molecule has 292 valence electrons. The maximum absolute atomic E-state index is 14.8.